The summed E-state index contributed by atoms with van der Waals surface area (Å²) in [6, 6.07) is 16.9. The number of rotatable bonds is 6. The molecule has 3 heterocycles. The Bertz CT molecular complexity index is 1410. The molecule has 0 amide bonds. The van der Waals surface area contributed by atoms with E-state index in [0.29, 0.717) is 30.7 Å². The fraction of sp³-hybridized carbons (Fsp3) is 0.286. The zero-order valence-electron chi connectivity index (χ0n) is 21.1. The monoisotopic (exact) mass is 499 g/mol. The van der Waals surface area contributed by atoms with E-state index in [1.165, 1.54) is 6.20 Å². The van der Waals surface area contributed by atoms with Gasteiger partial charge in [-0.15, -0.1) is 0 Å². The quantitative estimate of drug-likeness (QED) is 0.352. The van der Waals surface area contributed by atoms with Crippen LogP contribution in [0.5, 0.6) is 11.5 Å². The highest BCUT2D eigenvalue weighted by Gasteiger charge is 2.19. The lowest BCUT2D eigenvalue weighted by molar-refractivity contribution is 0.00624. The summed E-state index contributed by atoms with van der Waals surface area (Å²) in [4.78, 5) is 27.9. The van der Waals surface area contributed by atoms with Gasteiger partial charge in [0.1, 0.15) is 17.1 Å². The number of fused-ring (bicyclic) bond motifs is 1. The van der Waals surface area contributed by atoms with Gasteiger partial charge in [0.2, 0.25) is 5.95 Å². The smallest absolute Gasteiger partial charge is 0.357 e. The minimum atomic E-state index is -0.605. The molecule has 1 saturated heterocycles. The topological polar surface area (TPSA) is 98.7 Å². The molecule has 190 valence electrons. The number of morpholine rings is 1. The second kappa shape index (κ2) is 10.4. The van der Waals surface area contributed by atoms with Crippen molar-refractivity contribution >= 4 is 34.2 Å². The lowest BCUT2D eigenvalue weighted by Crippen LogP contribution is -2.36. The van der Waals surface area contributed by atoms with Crippen LogP contribution in [0.15, 0.2) is 67.0 Å². The second-order valence-corrected chi connectivity index (χ2v) is 9.64. The summed E-state index contributed by atoms with van der Waals surface area (Å²) in [5.74, 6) is 1.09. The molecule has 1 aliphatic rings. The van der Waals surface area contributed by atoms with Crippen LogP contribution in [-0.4, -0.2) is 52.8 Å². The van der Waals surface area contributed by atoms with Crippen LogP contribution in [0.3, 0.4) is 0 Å². The predicted octanol–water partition coefficient (Wildman–Crippen LogP) is 5.35. The van der Waals surface area contributed by atoms with Crippen LogP contribution in [0.25, 0.3) is 10.9 Å². The van der Waals surface area contributed by atoms with E-state index < -0.39 is 11.6 Å². The van der Waals surface area contributed by atoms with Gasteiger partial charge in [-0.05, 0) is 57.2 Å². The molecule has 5 rings (SSSR count). The van der Waals surface area contributed by atoms with Crippen molar-refractivity contribution in [2.45, 2.75) is 26.4 Å². The van der Waals surface area contributed by atoms with Gasteiger partial charge in [0.25, 0.3) is 0 Å². The van der Waals surface area contributed by atoms with Gasteiger partial charge in [0, 0.05) is 36.9 Å². The number of pyridine rings is 1. The molecule has 0 atom stereocenters. The van der Waals surface area contributed by atoms with Crippen molar-refractivity contribution in [2.75, 3.05) is 36.5 Å². The summed E-state index contributed by atoms with van der Waals surface area (Å²) >= 11 is 0. The van der Waals surface area contributed by atoms with E-state index in [4.69, 9.17) is 14.2 Å². The number of para-hydroxylation sites is 2. The minimum Gasteiger partial charge on any atom is -0.457 e. The molecule has 0 unspecified atom stereocenters. The molecular formula is C28H29N5O4. The van der Waals surface area contributed by atoms with Crippen LogP contribution in [0.4, 0.5) is 17.3 Å². The van der Waals surface area contributed by atoms with Gasteiger partial charge in [0.15, 0.2) is 5.69 Å². The SMILES string of the molecule is CC(C)(C)OC(=O)c1cc(Oc2ccc3nc(Nc4ccccc4N4CCOCC4)ncc3c2)ccn1. The Kier molecular flexibility index (Phi) is 6.87. The number of hydrogen-bond donors (Lipinski definition) is 1. The normalized spacial score (nSPS) is 13.9. The van der Waals surface area contributed by atoms with Crippen LogP contribution >= 0.6 is 0 Å². The van der Waals surface area contributed by atoms with Gasteiger partial charge in [0.05, 0.1) is 30.1 Å². The molecule has 1 fully saturated rings. The average molecular weight is 500 g/mol. The Balaban J connectivity index is 1.32. The van der Waals surface area contributed by atoms with Crippen LogP contribution in [0.2, 0.25) is 0 Å². The molecule has 0 spiro atoms. The molecule has 2 aromatic heterocycles. The van der Waals surface area contributed by atoms with Gasteiger partial charge >= 0.3 is 5.97 Å². The van der Waals surface area contributed by atoms with Crippen molar-refractivity contribution in [2.24, 2.45) is 0 Å². The molecule has 1 aliphatic heterocycles. The number of benzene rings is 2. The molecule has 9 heteroatoms. The van der Waals surface area contributed by atoms with E-state index in [9.17, 15) is 4.79 Å². The number of anilines is 3. The highest BCUT2D eigenvalue weighted by molar-refractivity contribution is 5.88. The summed E-state index contributed by atoms with van der Waals surface area (Å²) in [6.07, 6.45) is 3.28. The number of nitrogens with zero attached hydrogens (tertiary/aromatic N) is 4. The maximum absolute atomic E-state index is 12.3. The molecule has 0 radical (unpaired) electrons. The zero-order valence-corrected chi connectivity index (χ0v) is 21.1. The number of hydrogen-bond acceptors (Lipinski definition) is 9. The molecule has 1 N–H and O–H groups in total. The van der Waals surface area contributed by atoms with Crippen molar-refractivity contribution in [3.8, 4) is 11.5 Å². The third-order valence-corrected chi connectivity index (χ3v) is 5.63. The predicted molar refractivity (Wildman–Crippen MR) is 142 cm³/mol. The van der Waals surface area contributed by atoms with Crippen LogP contribution < -0.4 is 15.0 Å². The first-order valence-corrected chi connectivity index (χ1v) is 12.2. The van der Waals surface area contributed by atoms with E-state index >= 15 is 0 Å². The maximum Gasteiger partial charge on any atom is 0.357 e. The summed E-state index contributed by atoms with van der Waals surface area (Å²) < 4.78 is 16.9. The first-order valence-electron chi connectivity index (χ1n) is 12.2. The molecule has 4 aromatic rings. The third kappa shape index (κ3) is 6.13. The number of carbonyl (C=O) groups is 1. The average Bonchev–Trinajstić information content (AvgIpc) is 2.89. The number of ether oxygens (including phenoxy) is 3. The summed E-state index contributed by atoms with van der Waals surface area (Å²) in [6.45, 7) is 8.55. The Labute approximate surface area is 215 Å². The fourth-order valence-electron chi connectivity index (χ4n) is 3.97. The summed E-state index contributed by atoms with van der Waals surface area (Å²) in [5, 5.41) is 4.19. The molecular weight excluding hydrogens is 470 g/mol. The summed E-state index contributed by atoms with van der Waals surface area (Å²) in [7, 11) is 0. The van der Waals surface area contributed by atoms with E-state index in [0.717, 1.165) is 35.4 Å². The zero-order chi connectivity index (χ0) is 25.8. The van der Waals surface area contributed by atoms with Crippen LogP contribution in [0, 0.1) is 0 Å². The standard InChI is InChI=1S/C28H29N5O4/c1-28(2,3)37-26(34)24-17-21(10-11-29-24)36-20-8-9-22-19(16-20)18-30-27(31-22)32-23-6-4-5-7-25(23)33-12-14-35-15-13-33/h4-11,16-18H,12-15H2,1-3H3,(H,30,31,32). The van der Waals surface area contributed by atoms with Crippen LogP contribution in [0.1, 0.15) is 31.3 Å². The van der Waals surface area contributed by atoms with Crippen molar-refractivity contribution in [3.63, 3.8) is 0 Å². The molecule has 37 heavy (non-hydrogen) atoms. The third-order valence-electron chi connectivity index (χ3n) is 5.63. The van der Waals surface area contributed by atoms with Crippen LogP contribution in [-0.2, 0) is 9.47 Å². The van der Waals surface area contributed by atoms with E-state index in [2.05, 4.69) is 31.2 Å². The van der Waals surface area contributed by atoms with Gasteiger partial charge in [-0.25, -0.2) is 19.7 Å². The van der Waals surface area contributed by atoms with Gasteiger partial charge in [-0.1, -0.05) is 12.1 Å². The lowest BCUT2D eigenvalue weighted by atomic mass is 10.2. The van der Waals surface area contributed by atoms with E-state index in [1.807, 2.05) is 57.2 Å². The van der Waals surface area contributed by atoms with Crippen molar-refractivity contribution < 1.29 is 19.0 Å². The first-order chi connectivity index (χ1) is 17.8. The Morgan fingerprint density at radius 2 is 1.78 bits per heavy atom. The van der Waals surface area contributed by atoms with Crippen molar-refractivity contribution in [1.82, 2.24) is 15.0 Å². The van der Waals surface area contributed by atoms with Gasteiger partial charge < -0.3 is 24.4 Å². The Morgan fingerprint density at radius 3 is 2.59 bits per heavy atom. The van der Waals surface area contributed by atoms with E-state index in [1.54, 1.807) is 18.3 Å². The molecule has 0 saturated carbocycles. The number of esters is 1. The van der Waals surface area contributed by atoms with Crippen molar-refractivity contribution in [3.05, 3.63) is 72.7 Å². The van der Waals surface area contributed by atoms with Gasteiger partial charge in [-0.3, -0.25) is 0 Å². The van der Waals surface area contributed by atoms with Crippen molar-refractivity contribution in [1.29, 1.82) is 0 Å². The molecule has 2 aromatic carbocycles. The summed E-state index contributed by atoms with van der Waals surface area (Å²) in [5.41, 5.74) is 2.40. The maximum atomic E-state index is 12.3. The van der Waals surface area contributed by atoms with E-state index in [-0.39, 0.29) is 5.69 Å². The first kappa shape index (κ1) is 24.5. The molecule has 0 aliphatic carbocycles. The largest absolute Gasteiger partial charge is 0.457 e. The van der Waals surface area contributed by atoms with Gasteiger partial charge in [-0.2, -0.15) is 0 Å². The highest BCUT2D eigenvalue weighted by Crippen LogP contribution is 2.30. The number of nitrogens with one attached hydrogen (secondary N) is 1. The number of aromatic nitrogens is 3. The molecule has 0 bridgehead atoms. The fourth-order valence-corrected chi connectivity index (χ4v) is 3.97. The molecule has 9 nitrogen and oxygen atoms in total. The Hall–Kier alpha value is -4.24. The number of carbonyl (C=O) groups excluding carboxylic acids is 1. The second-order valence-electron chi connectivity index (χ2n) is 9.64. The minimum absolute atomic E-state index is 0.185. The highest BCUT2D eigenvalue weighted by atomic mass is 16.6. The lowest BCUT2D eigenvalue weighted by Gasteiger charge is -2.30. The Morgan fingerprint density at radius 1 is 1.00 bits per heavy atom.